The fourth-order valence-electron chi connectivity index (χ4n) is 2.08. The summed E-state index contributed by atoms with van der Waals surface area (Å²) in [4.78, 5) is 2.72. The van der Waals surface area contributed by atoms with Crippen LogP contribution < -0.4 is 0 Å². The lowest BCUT2D eigenvalue weighted by molar-refractivity contribution is 0.141. The molecule has 3 atom stereocenters. The van der Waals surface area contributed by atoms with Crippen molar-refractivity contribution in [3.8, 4) is 0 Å². The van der Waals surface area contributed by atoms with Crippen LogP contribution in [0.1, 0.15) is 62.3 Å². The van der Waals surface area contributed by atoms with Gasteiger partial charge in [-0.3, -0.25) is 0 Å². The summed E-state index contributed by atoms with van der Waals surface area (Å²) >= 11 is 0. The molecule has 0 spiro atoms. The molecule has 0 radical (unpaired) electrons. The summed E-state index contributed by atoms with van der Waals surface area (Å²) in [6, 6.07) is 0. The van der Waals surface area contributed by atoms with E-state index in [-0.39, 0.29) is 0 Å². The van der Waals surface area contributed by atoms with Gasteiger partial charge in [0.25, 0.3) is 0 Å². The summed E-state index contributed by atoms with van der Waals surface area (Å²) in [7, 11) is 0. The highest BCUT2D eigenvalue weighted by molar-refractivity contribution is 4.72. The Morgan fingerprint density at radius 3 is 0.842 bits per heavy atom. The molecule has 0 aromatic heterocycles. The van der Waals surface area contributed by atoms with Crippen LogP contribution in [-0.2, 0) is 0 Å². The van der Waals surface area contributed by atoms with Crippen molar-refractivity contribution in [3.63, 3.8) is 0 Å². The normalized spacial score (nSPS) is 17.5. The Balaban J connectivity index is 4.54. The Hall–Kier alpha value is -0.0400. The maximum atomic E-state index is 2.72. The van der Waals surface area contributed by atoms with Gasteiger partial charge in [-0.05, 0) is 35.5 Å². The van der Waals surface area contributed by atoms with Gasteiger partial charge >= 0.3 is 0 Å². The summed E-state index contributed by atoms with van der Waals surface area (Å²) < 4.78 is 0. The highest BCUT2D eigenvalue weighted by Gasteiger charge is 2.20. The standard InChI is InChI=1S/C18H39N/c1-13(2)16(7)10-19(11-17(8)14(3)4)12-18(9)15(5)6/h13-18H,10-12H2,1-9H3. The van der Waals surface area contributed by atoms with Crippen LogP contribution in [0.15, 0.2) is 0 Å². The molecule has 0 amide bonds. The summed E-state index contributed by atoms with van der Waals surface area (Å²) in [5, 5.41) is 0. The van der Waals surface area contributed by atoms with Gasteiger partial charge in [-0.2, -0.15) is 0 Å². The van der Waals surface area contributed by atoms with Crippen LogP contribution in [0.4, 0.5) is 0 Å². The zero-order valence-electron chi connectivity index (χ0n) is 15.0. The lowest BCUT2D eigenvalue weighted by Crippen LogP contribution is -2.39. The smallest absolute Gasteiger partial charge is 0.000969 e. The first-order chi connectivity index (χ1) is 8.65. The van der Waals surface area contributed by atoms with Crippen molar-refractivity contribution < 1.29 is 0 Å². The molecular weight excluding hydrogens is 230 g/mol. The minimum absolute atomic E-state index is 0.784. The van der Waals surface area contributed by atoms with Crippen LogP contribution >= 0.6 is 0 Å². The SMILES string of the molecule is CC(C)C(C)CN(CC(C)C(C)C)CC(C)C(C)C. The molecule has 0 aliphatic rings. The predicted molar refractivity (Wildman–Crippen MR) is 88.4 cm³/mol. The summed E-state index contributed by atoms with van der Waals surface area (Å²) in [6.45, 7) is 25.1. The second kappa shape index (κ2) is 9.00. The van der Waals surface area contributed by atoms with Crippen LogP contribution in [0.25, 0.3) is 0 Å². The Morgan fingerprint density at radius 1 is 0.474 bits per heavy atom. The van der Waals surface area contributed by atoms with Gasteiger partial charge in [0.1, 0.15) is 0 Å². The van der Waals surface area contributed by atoms with E-state index in [1.165, 1.54) is 19.6 Å². The highest BCUT2D eigenvalue weighted by atomic mass is 15.1. The maximum Gasteiger partial charge on any atom is 0.000969 e. The molecule has 0 aliphatic heterocycles. The molecule has 3 unspecified atom stereocenters. The Morgan fingerprint density at radius 2 is 0.684 bits per heavy atom. The third-order valence-electron chi connectivity index (χ3n) is 5.05. The molecule has 0 saturated heterocycles. The first-order valence-electron chi connectivity index (χ1n) is 8.37. The molecule has 0 aromatic carbocycles. The molecular formula is C18H39N. The molecule has 19 heavy (non-hydrogen) atoms. The molecule has 0 saturated carbocycles. The fraction of sp³-hybridized carbons (Fsp3) is 1.00. The molecule has 0 rings (SSSR count). The van der Waals surface area contributed by atoms with Crippen molar-refractivity contribution >= 4 is 0 Å². The molecule has 0 aromatic rings. The summed E-state index contributed by atoms with van der Waals surface area (Å²) in [5.41, 5.74) is 0. The number of nitrogens with zero attached hydrogens (tertiary/aromatic N) is 1. The quantitative estimate of drug-likeness (QED) is 0.558. The summed E-state index contributed by atoms with van der Waals surface area (Å²) in [6.07, 6.45) is 0. The van der Waals surface area contributed by atoms with Crippen LogP contribution in [0.2, 0.25) is 0 Å². The van der Waals surface area contributed by atoms with E-state index in [2.05, 4.69) is 67.2 Å². The van der Waals surface area contributed by atoms with Crippen LogP contribution in [0, 0.1) is 35.5 Å². The number of hydrogen-bond donors (Lipinski definition) is 0. The molecule has 0 fully saturated rings. The van der Waals surface area contributed by atoms with Gasteiger partial charge in [-0.1, -0.05) is 62.3 Å². The molecule has 0 heterocycles. The van der Waals surface area contributed by atoms with Gasteiger partial charge in [-0.15, -0.1) is 0 Å². The minimum Gasteiger partial charge on any atom is -0.303 e. The van der Waals surface area contributed by atoms with E-state index in [0.717, 1.165) is 35.5 Å². The highest BCUT2D eigenvalue weighted by Crippen LogP contribution is 2.19. The molecule has 1 heteroatoms. The number of hydrogen-bond acceptors (Lipinski definition) is 1. The van der Waals surface area contributed by atoms with E-state index in [0.29, 0.717) is 0 Å². The zero-order chi connectivity index (χ0) is 15.2. The van der Waals surface area contributed by atoms with Crippen molar-refractivity contribution in [1.82, 2.24) is 4.90 Å². The Labute approximate surface area is 123 Å². The topological polar surface area (TPSA) is 3.24 Å². The van der Waals surface area contributed by atoms with E-state index in [9.17, 15) is 0 Å². The van der Waals surface area contributed by atoms with Crippen molar-refractivity contribution in [1.29, 1.82) is 0 Å². The average molecular weight is 270 g/mol. The van der Waals surface area contributed by atoms with E-state index in [1.54, 1.807) is 0 Å². The van der Waals surface area contributed by atoms with Crippen LogP contribution in [-0.4, -0.2) is 24.5 Å². The van der Waals surface area contributed by atoms with Crippen molar-refractivity contribution in [2.75, 3.05) is 19.6 Å². The van der Waals surface area contributed by atoms with Crippen molar-refractivity contribution in [2.45, 2.75) is 62.3 Å². The van der Waals surface area contributed by atoms with Gasteiger partial charge in [0.05, 0.1) is 0 Å². The Bertz CT molecular complexity index is 182. The first-order valence-corrected chi connectivity index (χ1v) is 8.37. The van der Waals surface area contributed by atoms with E-state index < -0.39 is 0 Å². The van der Waals surface area contributed by atoms with Crippen LogP contribution in [0.5, 0.6) is 0 Å². The van der Waals surface area contributed by atoms with E-state index in [4.69, 9.17) is 0 Å². The zero-order valence-corrected chi connectivity index (χ0v) is 15.0. The second-order valence-electron chi connectivity index (χ2n) is 7.88. The second-order valence-corrected chi connectivity index (χ2v) is 7.88. The van der Waals surface area contributed by atoms with Crippen molar-refractivity contribution in [3.05, 3.63) is 0 Å². The van der Waals surface area contributed by atoms with Gasteiger partial charge in [0, 0.05) is 19.6 Å². The molecule has 1 nitrogen and oxygen atoms in total. The van der Waals surface area contributed by atoms with Crippen LogP contribution in [0.3, 0.4) is 0 Å². The monoisotopic (exact) mass is 269 g/mol. The third kappa shape index (κ3) is 7.97. The van der Waals surface area contributed by atoms with Gasteiger partial charge < -0.3 is 4.90 Å². The molecule has 0 aliphatic carbocycles. The summed E-state index contributed by atoms with van der Waals surface area (Å²) in [5.74, 6) is 4.72. The van der Waals surface area contributed by atoms with Gasteiger partial charge in [0.2, 0.25) is 0 Å². The average Bonchev–Trinajstić information content (AvgIpc) is 2.27. The fourth-order valence-corrected chi connectivity index (χ4v) is 2.08. The first kappa shape index (κ1) is 19.0. The Kier molecular flexibility index (Phi) is 8.98. The third-order valence-corrected chi connectivity index (χ3v) is 5.05. The molecule has 0 bridgehead atoms. The largest absolute Gasteiger partial charge is 0.303 e. The van der Waals surface area contributed by atoms with Gasteiger partial charge in [0.15, 0.2) is 0 Å². The predicted octanol–water partition coefficient (Wildman–Crippen LogP) is 5.16. The van der Waals surface area contributed by atoms with E-state index in [1.807, 2.05) is 0 Å². The lowest BCUT2D eigenvalue weighted by atomic mass is 9.92. The maximum absolute atomic E-state index is 2.72. The molecule has 116 valence electrons. The van der Waals surface area contributed by atoms with Crippen molar-refractivity contribution in [2.24, 2.45) is 35.5 Å². The minimum atomic E-state index is 0.784. The lowest BCUT2D eigenvalue weighted by Gasteiger charge is -2.33. The molecule has 0 N–H and O–H groups in total. The van der Waals surface area contributed by atoms with Gasteiger partial charge in [-0.25, -0.2) is 0 Å². The number of rotatable bonds is 9. The van der Waals surface area contributed by atoms with E-state index >= 15 is 0 Å².